The summed E-state index contributed by atoms with van der Waals surface area (Å²) in [5.74, 6) is 1.76. The fourth-order valence-electron chi connectivity index (χ4n) is 1.93. The van der Waals surface area contributed by atoms with E-state index in [4.69, 9.17) is 10.5 Å². The third kappa shape index (κ3) is 1.48. The summed E-state index contributed by atoms with van der Waals surface area (Å²) in [6.07, 6.45) is 0.893. The second kappa shape index (κ2) is 3.52. The molecule has 0 aromatic heterocycles. The van der Waals surface area contributed by atoms with Crippen molar-refractivity contribution < 1.29 is 4.74 Å². The van der Waals surface area contributed by atoms with E-state index in [1.165, 1.54) is 11.1 Å². The Hall–Kier alpha value is -1.48. The average Bonchev–Trinajstić information content (AvgIpc) is 2.28. The summed E-state index contributed by atoms with van der Waals surface area (Å²) in [5, 5.41) is 0. The minimum atomic E-state index is 0.731. The van der Waals surface area contributed by atoms with Crippen molar-refractivity contribution in [2.45, 2.75) is 6.42 Å². The zero-order valence-electron chi connectivity index (χ0n) is 8.53. The van der Waals surface area contributed by atoms with Gasteiger partial charge in [0, 0.05) is 23.7 Å². The maximum Gasteiger partial charge on any atom is 0.145 e. The van der Waals surface area contributed by atoms with Gasteiger partial charge in [0.15, 0.2) is 0 Å². The lowest BCUT2D eigenvalue weighted by Crippen LogP contribution is -2.04. The Morgan fingerprint density at radius 1 is 1.12 bits per heavy atom. The molecule has 2 aromatic rings. The van der Waals surface area contributed by atoms with Crippen molar-refractivity contribution in [3.8, 4) is 11.5 Å². The maximum atomic E-state index is 5.86. The van der Waals surface area contributed by atoms with E-state index in [0.717, 1.165) is 28.1 Å². The third-order valence-electron chi connectivity index (χ3n) is 2.73. The lowest BCUT2D eigenvalue weighted by Gasteiger charge is -2.21. The largest absolute Gasteiger partial charge is 0.456 e. The first-order chi connectivity index (χ1) is 7.74. The number of fused-ring (bicyclic) bond motifs is 2. The Labute approximate surface area is 102 Å². The predicted octanol–water partition coefficient (Wildman–Crippen LogP) is 3.73. The highest BCUT2D eigenvalue weighted by molar-refractivity contribution is 9.10. The van der Waals surface area contributed by atoms with Crippen molar-refractivity contribution in [3.05, 3.63) is 52.0 Å². The minimum absolute atomic E-state index is 0.731. The first kappa shape index (κ1) is 9.73. The van der Waals surface area contributed by atoms with Crippen LogP contribution in [0.5, 0.6) is 11.5 Å². The highest BCUT2D eigenvalue weighted by Crippen LogP contribution is 2.41. The molecule has 0 fully saturated rings. The van der Waals surface area contributed by atoms with Gasteiger partial charge in [-0.3, -0.25) is 0 Å². The third-order valence-corrected chi connectivity index (χ3v) is 3.36. The molecule has 2 nitrogen and oxygen atoms in total. The van der Waals surface area contributed by atoms with Gasteiger partial charge in [0.1, 0.15) is 11.5 Å². The predicted molar refractivity (Wildman–Crippen MR) is 67.9 cm³/mol. The molecule has 0 saturated heterocycles. The number of ether oxygens (including phenoxy) is 1. The molecular formula is C13H10BrNO. The van der Waals surface area contributed by atoms with E-state index in [0.29, 0.717) is 0 Å². The number of nitrogen functional groups attached to an aromatic ring is 1. The quantitative estimate of drug-likeness (QED) is 0.635. The first-order valence-corrected chi connectivity index (χ1v) is 5.87. The van der Waals surface area contributed by atoms with Crippen LogP contribution in [-0.2, 0) is 6.42 Å². The van der Waals surface area contributed by atoms with E-state index in [1.54, 1.807) is 0 Å². The van der Waals surface area contributed by atoms with Crippen LogP contribution in [0.3, 0.4) is 0 Å². The van der Waals surface area contributed by atoms with Gasteiger partial charge in [0.25, 0.3) is 0 Å². The fourth-order valence-corrected chi connectivity index (χ4v) is 2.42. The molecule has 0 aliphatic carbocycles. The van der Waals surface area contributed by atoms with Gasteiger partial charge >= 0.3 is 0 Å². The van der Waals surface area contributed by atoms with Gasteiger partial charge in [-0.25, -0.2) is 0 Å². The Balaban J connectivity index is 2.13. The zero-order chi connectivity index (χ0) is 11.1. The van der Waals surface area contributed by atoms with Crippen LogP contribution in [0.15, 0.2) is 40.9 Å². The van der Waals surface area contributed by atoms with Crippen molar-refractivity contribution in [2.24, 2.45) is 0 Å². The van der Waals surface area contributed by atoms with Gasteiger partial charge < -0.3 is 10.5 Å². The lowest BCUT2D eigenvalue weighted by molar-refractivity contribution is 0.457. The van der Waals surface area contributed by atoms with E-state index in [9.17, 15) is 0 Å². The molecule has 3 rings (SSSR count). The molecule has 0 radical (unpaired) electrons. The van der Waals surface area contributed by atoms with Crippen LogP contribution in [0.25, 0.3) is 0 Å². The van der Waals surface area contributed by atoms with Gasteiger partial charge in [0.2, 0.25) is 0 Å². The van der Waals surface area contributed by atoms with E-state index < -0.39 is 0 Å². The molecular weight excluding hydrogens is 266 g/mol. The highest BCUT2D eigenvalue weighted by atomic mass is 79.9. The summed E-state index contributed by atoms with van der Waals surface area (Å²) >= 11 is 3.50. The first-order valence-electron chi connectivity index (χ1n) is 5.08. The summed E-state index contributed by atoms with van der Waals surface area (Å²) in [6, 6.07) is 11.9. The Bertz CT molecular complexity index is 566. The van der Waals surface area contributed by atoms with Gasteiger partial charge in [-0.2, -0.15) is 0 Å². The summed E-state index contributed by atoms with van der Waals surface area (Å²) < 4.78 is 6.85. The Morgan fingerprint density at radius 2 is 2.00 bits per heavy atom. The molecule has 3 heteroatoms. The minimum Gasteiger partial charge on any atom is -0.456 e. The number of rotatable bonds is 0. The highest BCUT2D eigenvalue weighted by Gasteiger charge is 2.18. The number of halogens is 1. The van der Waals surface area contributed by atoms with Crippen molar-refractivity contribution in [1.82, 2.24) is 0 Å². The number of hydrogen-bond donors (Lipinski definition) is 1. The summed E-state index contributed by atoms with van der Waals surface area (Å²) in [5.41, 5.74) is 8.86. The number of nitrogens with two attached hydrogens (primary N) is 1. The van der Waals surface area contributed by atoms with Crippen LogP contribution in [0, 0.1) is 0 Å². The van der Waals surface area contributed by atoms with Crippen LogP contribution in [0.1, 0.15) is 11.1 Å². The van der Waals surface area contributed by atoms with Crippen LogP contribution in [-0.4, -0.2) is 0 Å². The molecule has 0 saturated carbocycles. The van der Waals surface area contributed by atoms with E-state index >= 15 is 0 Å². The van der Waals surface area contributed by atoms with Crippen molar-refractivity contribution in [3.63, 3.8) is 0 Å². The second-order valence-electron chi connectivity index (χ2n) is 3.87. The molecule has 0 spiro atoms. The Kier molecular flexibility index (Phi) is 2.14. The topological polar surface area (TPSA) is 35.2 Å². The molecule has 0 amide bonds. The molecule has 2 N–H and O–H groups in total. The Morgan fingerprint density at radius 3 is 2.88 bits per heavy atom. The maximum absolute atomic E-state index is 5.86. The van der Waals surface area contributed by atoms with Gasteiger partial charge in [-0.1, -0.05) is 18.2 Å². The van der Waals surface area contributed by atoms with E-state index in [1.807, 2.05) is 30.3 Å². The van der Waals surface area contributed by atoms with Crippen molar-refractivity contribution in [1.29, 1.82) is 0 Å². The number of benzene rings is 2. The van der Waals surface area contributed by atoms with Gasteiger partial charge in [0.05, 0.1) is 4.47 Å². The van der Waals surface area contributed by atoms with E-state index in [-0.39, 0.29) is 0 Å². The second-order valence-corrected chi connectivity index (χ2v) is 4.73. The lowest BCUT2D eigenvalue weighted by atomic mass is 10.0. The SMILES string of the molecule is Nc1ccc2c(c1)Oc1c(Br)cccc1C2. The van der Waals surface area contributed by atoms with Crippen molar-refractivity contribution in [2.75, 3.05) is 5.73 Å². The van der Waals surface area contributed by atoms with Gasteiger partial charge in [-0.05, 0) is 33.6 Å². The average molecular weight is 276 g/mol. The number of para-hydroxylation sites is 1. The molecule has 1 aliphatic rings. The van der Waals surface area contributed by atoms with E-state index in [2.05, 4.69) is 22.0 Å². The standard InChI is InChI=1S/C13H10BrNO/c14-11-3-1-2-9-6-8-4-5-10(15)7-12(8)16-13(9)11/h1-5,7H,6,15H2. The molecule has 1 heterocycles. The summed E-state index contributed by atoms with van der Waals surface area (Å²) in [4.78, 5) is 0. The van der Waals surface area contributed by atoms with Crippen LogP contribution >= 0.6 is 15.9 Å². The molecule has 2 aromatic carbocycles. The van der Waals surface area contributed by atoms with Crippen LogP contribution in [0.2, 0.25) is 0 Å². The number of anilines is 1. The molecule has 16 heavy (non-hydrogen) atoms. The van der Waals surface area contributed by atoms with Crippen LogP contribution < -0.4 is 10.5 Å². The van der Waals surface area contributed by atoms with Crippen LogP contribution in [0.4, 0.5) is 5.69 Å². The summed E-state index contributed by atoms with van der Waals surface area (Å²) in [6.45, 7) is 0. The normalized spacial score (nSPS) is 12.6. The molecule has 0 atom stereocenters. The molecule has 1 aliphatic heterocycles. The van der Waals surface area contributed by atoms with Crippen molar-refractivity contribution >= 4 is 21.6 Å². The molecule has 0 unspecified atom stereocenters. The monoisotopic (exact) mass is 275 g/mol. The molecule has 80 valence electrons. The fraction of sp³-hybridized carbons (Fsp3) is 0.0769. The molecule has 0 bridgehead atoms. The van der Waals surface area contributed by atoms with Gasteiger partial charge in [-0.15, -0.1) is 0 Å². The summed E-state index contributed by atoms with van der Waals surface area (Å²) in [7, 11) is 0. The smallest absolute Gasteiger partial charge is 0.145 e. The number of hydrogen-bond acceptors (Lipinski definition) is 2. The zero-order valence-corrected chi connectivity index (χ0v) is 10.1.